The summed E-state index contributed by atoms with van der Waals surface area (Å²) >= 11 is 3.77. The lowest BCUT2D eigenvalue weighted by Crippen LogP contribution is -2.71. The third kappa shape index (κ3) is 4.53. The molecule has 0 radical (unpaired) electrons. The number of carbonyl (C=O) groups excluding carboxylic acids is 2. The molecule has 2 aliphatic heterocycles. The number of nitrogen functional groups attached to an aromatic ring is 1. The van der Waals surface area contributed by atoms with E-state index in [9.17, 15) is 19.5 Å². The van der Waals surface area contributed by atoms with Crippen LogP contribution in [0.1, 0.15) is 11.5 Å². The molecule has 33 heavy (non-hydrogen) atoms. The second-order valence-electron chi connectivity index (χ2n) is 6.80. The SMILES string of the molecule is CON=C(C(=O)N[C@@H]1C(=O)N2C(C(=O)O)=C(CSc3n[nH]c(C)n3)CS[C@@H]12)c1csc(N)n1. The molecule has 0 aromatic carbocycles. The average Bonchev–Trinajstić information content (AvgIpc) is 3.40. The lowest BCUT2D eigenvalue weighted by Gasteiger charge is -2.49. The Kier molecular flexibility index (Phi) is 6.57. The Bertz CT molecular complexity index is 1180. The lowest BCUT2D eigenvalue weighted by molar-refractivity contribution is -0.150. The maximum absolute atomic E-state index is 12.8. The van der Waals surface area contributed by atoms with Crippen molar-refractivity contribution in [3.8, 4) is 0 Å². The summed E-state index contributed by atoms with van der Waals surface area (Å²) in [6, 6.07) is -0.917. The fourth-order valence-corrected chi connectivity index (χ4v) is 6.11. The number of nitrogens with one attached hydrogen (secondary N) is 2. The molecule has 0 saturated carbocycles. The van der Waals surface area contributed by atoms with E-state index in [0.29, 0.717) is 28.1 Å². The van der Waals surface area contributed by atoms with Crippen LogP contribution < -0.4 is 11.1 Å². The van der Waals surface area contributed by atoms with Crippen molar-refractivity contribution in [2.75, 3.05) is 24.3 Å². The average molecular weight is 511 g/mol. The number of carbonyl (C=O) groups is 3. The van der Waals surface area contributed by atoms with Crippen LogP contribution in [0.15, 0.2) is 27.0 Å². The van der Waals surface area contributed by atoms with Gasteiger partial charge in [-0.3, -0.25) is 19.6 Å². The molecular formula is C17H18N8O5S3. The van der Waals surface area contributed by atoms with E-state index in [1.54, 1.807) is 12.3 Å². The second kappa shape index (κ2) is 9.40. The molecule has 0 spiro atoms. The minimum absolute atomic E-state index is 0.0768. The van der Waals surface area contributed by atoms with Crippen LogP contribution in [0.2, 0.25) is 0 Å². The molecule has 5 N–H and O–H groups in total. The van der Waals surface area contributed by atoms with Gasteiger partial charge in [0.2, 0.25) is 5.16 Å². The van der Waals surface area contributed by atoms with Crippen LogP contribution in [-0.2, 0) is 19.2 Å². The number of carboxylic acid groups (broad SMARTS) is 1. The van der Waals surface area contributed by atoms with Crippen molar-refractivity contribution >= 4 is 63.5 Å². The molecule has 13 nitrogen and oxygen atoms in total. The van der Waals surface area contributed by atoms with E-state index in [1.165, 1.54) is 35.5 Å². The minimum atomic E-state index is -1.21. The first-order chi connectivity index (χ1) is 15.8. The van der Waals surface area contributed by atoms with Crippen molar-refractivity contribution in [2.24, 2.45) is 5.16 Å². The Labute approximate surface area is 199 Å². The zero-order chi connectivity index (χ0) is 23.7. The molecule has 0 aliphatic carbocycles. The number of aromatic nitrogens is 4. The van der Waals surface area contributed by atoms with Crippen LogP contribution in [0.4, 0.5) is 5.13 Å². The third-order valence-corrected chi connectivity index (χ3v) is 7.60. The summed E-state index contributed by atoms with van der Waals surface area (Å²) in [7, 11) is 1.28. The number of oxime groups is 1. The van der Waals surface area contributed by atoms with E-state index in [1.807, 2.05) is 0 Å². The number of amides is 2. The highest BCUT2D eigenvalue weighted by atomic mass is 32.2. The number of nitrogens with zero attached hydrogens (tertiary/aromatic N) is 5. The molecule has 2 aliphatic rings. The van der Waals surface area contributed by atoms with Crippen molar-refractivity contribution in [1.29, 1.82) is 0 Å². The molecule has 2 aromatic heterocycles. The summed E-state index contributed by atoms with van der Waals surface area (Å²) in [5.74, 6) is -1.07. The monoisotopic (exact) mass is 510 g/mol. The Hall–Kier alpha value is -3.11. The highest BCUT2D eigenvalue weighted by molar-refractivity contribution is 8.01. The van der Waals surface area contributed by atoms with E-state index in [4.69, 9.17) is 10.6 Å². The van der Waals surface area contributed by atoms with Crippen molar-refractivity contribution < 1.29 is 24.3 Å². The first kappa shape index (κ1) is 23.1. The number of hydrogen-bond acceptors (Lipinski definition) is 12. The van der Waals surface area contributed by atoms with Crippen molar-refractivity contribution in [1.82, 2.24) is 30.4 Å². The smallest absolute Gasteiger partial charge is 0.352 e. The van der Waals surface area contributed by atoms with Gasteiger partial charge in [0.25, 0.3) is 11.8 Å². The number of β-lactam (4-membered cyclic amide) rings is 1. The number of aryl methyl sites for hydroxylation is 1. The quantitative estimate of drug-likeness (QED) is 0.162. The van der Waals surface area contributed by atoms with Crippen LogP contribution in [0, 0.1) is 6.92 Å². The van der Waals surface area contributed by atoms with Crippen molar-refractivity contribution in [3.63, 3.8) is 0 Å². The summed E-state index contributed by atoms with van der Waals surface area (Å²) < 4.78 is 0. The molecule has 16 heteroatoms. The Morgan fingerprint density at radius 2 is 2.27 bits per heavy atom. The zero-order valence-electron chi connectivity index (χ0n) is 17.3. The summed E-state index contributed by atoms with van der Waals surface area (Å²) in [5, 5.41) is 24.6. The number of hydrogen-bond donors (Lipinski definition) is 4. The summed E-state index contributed by atoms with van der Waals surface area (Å²) in [5.41, 5.74) is 6.20. The van der Waals surface area contributed by atoms with Gasteiger partial charge in [0.05, 0.1) is 0 Å². The number of thiazole rings is 1. The van der Waals surface area contributed by atoms with E-state index < -0.39 is 29.2 Å². The van der Waals surface area contributed by atoms with Crippen LogP contribution in [0.5, 0.6) is 0 Å². The van der Waals surface area contributed by atoms with E-state index in [-0.39, 0.29) is 22.2 Å². The normalized spacial score (nSPS) is 20.4. The van der Waals surface area contributed by atoms with Gasteiger partial charge in [-0.05, 0) is 12.5 Å². The van der Waals surface area contributed by atoms with Gasteiger partial charge >= 0.3 is 5.97 Å². The van der Waals surface area contributed by atoms with E-state index in [0.717, 1.165) is 11.3 Å². The van der Waals surface area contributed by atoms with Crippen LogP contribution in [-0.4, -0.2) is 83.7 Å². The maximum atomic E-state index is 12.8. The van der Waals surface area contributed by atoms with Crippen LogP contribution in [0.3, 0.4) is 0 Å². The number of rotatable bonds is 8. The molecule has 2 atom stereocenters. The number of aliphatic carboxylic acids is 1. The molecule has 1 fully saturated rings. The first-order valence-electron chi connectivity index (χ1n) is 9.35. The van der Waals surface area contributed by atoms with Crippen molar-refractivity contribution in [2.45, 2.75) is 23.5 Å². The molecule has 2 aromatic rings. The number of aromatic amines is 1. The van der Waals surface area contributed by atoms with Gasteiger partial charge in [0.15, 0.2) is 10.8 Å². The number of carboxylic acids is 1. The van der Waals surface area contributed by atoms with Crippen LogP contribution >= 0.6 is 34.9 Å². The standard InChI is InChI=1S/C17H18N8O5S3/c1-6-19-17(23-22-6)33-4-7-3-31-14-10(13(27)25(14)11(7)15(28)29)21-12(26)9(24-30-2)8-5-32-16(18)20-8/h5,10,14H,3-4H2,1-2H3,(H2,18,20)(H,21,26)(H,28,29)(H,19,22,23)/t10-,14+/m1/s1. The number of H-pyrrole nitrogens is 1. The topological polar surface area (TPSA) is 189 Å². The highest BCUT2D eigenvalue weighted by Gasteiger charge is 2.54. The summed E-state index contributed by atoms with van der Waals surface area (Å²) in [6.07, 6.45) is 0. The molecule has 0 bridgehead atoms. The second-order valence-corrected chi connectivity index (χ2v) is 9.74. The van der Waals surface area contributed by atoms with Gasteiger partial charge in [-0.2, -0.15) is 0 Å². The predicted molar refractivity (Wildman–Crippen MR) is 122 cm³/mol. The molecule has 174 valence electrons. The zero-order valence-corrected chi connectivity index (χ0v) is 19.7. The number of thioether (sulfide) groups is 2. The molecule has 4 rings (SSSR count). The molecular weight excluding hydrogens is 492 g/mol. The fourth-order valence-electron chi connectivity index (χ4n) is 3.23. The molecule has 0 unspecified atom stereocenters. The molecule has 2 amide bonds. The third-order valence-electron chi connectivity index (χ3n) is 4.65. The number of anilines is 1. The first-order valence-corrected chi connectivity index (χ1v) is 12.3. The van der Waals surface area contributed by atoms with Gasteiger partial charge < -0.3 is 21.0 Å². The molecule has 4 heterocycles. The fraction of sp³-hybridized carbons (Fsp3) is 0.353. The van der Waals surface area contributed by atoms with Crippen LogP contribution in [0.25, 0.3) is 0 Å². The van der Waals surface area contributed by atoms with E-state index >= 15 is 0 Å². The number of nitrogens with two attached hydrogens (primary N) is 1. The Morgan fingerprint density at radius 3 is 2.88 bits per heavy atom. The Balaban J connectivity index is 1.49. The number of fused-ring (bicyclic) bond motifs is 1. The maximum Gasteiger partial charge on any atom is 0.352 e. The highest BCUT2D eigenvalue weighted by Crippen LogP contribution is 2.41. The van der Waals surface area contributed by atoms with Gasteiger partial charge in [-0.1, -0.05) is 16.9 Å². The Morgan fingerprint density at radius 1 is 1.48 bits per heavy atom. The van der Waals surface area contributed by atoms with Gasteiger partial charge in [-0.15, -0.1) is 28.2 Å². The van der Waals surface area contributed by atoms with E-state index in [2.05, 4.69) is 30.6 Å². The lowest BCUT2D eigenvalue weighted by atomic mass is 10.0. The summed E-state index contributed by atoms with van der Waals surface area (Å²) in [6.45, 7) is 1.76. The largest absolute Gasteiger partial charge is 0.477 e. The summed E-state index contributed by atoms with van der Waals surface area (Å²) in [4.78, 5) is 51.7. The van der Waals surface area contributed by atoms with Gasteiger partial charge in [0, 0.05) is 16.9 Å². The predicted octanol–water partition coefficient (Wildman–Crippen LogP) is 0.0332. The van der Waals surface area contributed by atoms with Crippen molar-refractivity contribution in [3.05, 3.63) is 28.2 Å². The van der Waals surface area contributed by atoms with Gasteiger partial charge in [0.1, 0.15) is 35.7 Å². The van der Waals surface area contributed by atoms with Gasteiger partial charge in [-0.25, -0.2) is 14.8 Å². The minimum Gasteiger partial charge on any atom is -0.477 e. The molecule has 1 saturated heterocycles.